The molecule has 1 aliphatic heterocycles. The molecular weight excluding hydrogens is 323 g/mol. The maximum Gasteiger partial charge on any atom is 0.446 e. The third kappa shape index (κ3) is 5.10. The summed E-state index contributed by atoms with van der Waals surface area (Å²) in [5.74, 6) is 0. The SMILES string of the molecule is FC(F)C[C@H](c1ccccc1SC(F)(F)F)N1CCNCC1. The van der Waals surface area contributed by atoms with Crippen LogP contribution in [-0.4, -0.2) is 43.0 Å². The number of nitrogens with one attached hydrogen (secondary N) is 1. The highest BCUT2D eigenvalue weighted by Crippen LogP contribution is 2.42. The Balaban J connectivity index is 2.29. The summed E-state index contributed by atoms with van der Waals surface area (Å²) < 4.78 is 63.9. The van der Waals surface area contributed by atoms with Gasteiger partial charge in [-0.2, -0.15) is 13.2 Å². The number of hydrogen-bond donors (Lipinski definition) is 1. The summed E-state index contributed by atoms with van der Waals surface area (Å²) in [6.45, 7) is 2.38. The average molecular weight is 340 g/mol. The molecule has 124 valence electrons. The number of piperazine rings is 1. The summed E-state index contributed by atoms with van der Waals surface area (Å²) in [7, 11) is 0. The number of thioether (sulfide) groups is 1. The van der Waals surface area contributed by atoms with E-state index in [0.29, 0.717) is 31.7 Å². The zero-order chi connectivity index (χ0) is 16.2. The number of nitrogens with zero attached hydrogens (tertiary/aromatic N) is 1. The Hall–Kier alpha value is -0.860. The van der Waals surface area contributed by atoms with Gasteiger partial charge in [-0.25, -0.2) is 8.78 Å². The molecule has 0 saturated carbocycles. The fraction of sp³-hybridized carbons (Fsp3) is 0.571. The van der Waals surface area contributed by atoms with Gasteiger partial charge in [-0.3, -0.25) is 4.90 Å². The summed E-state index contributed by atoms with van der Waals surface area (Å²) in [5, 5.41) is 3.11. The highest BCUT2D eigenvalue weighted by atomic mass is 32.2. The van der Waals surface area contributed by atoms with Gasteiger partial charge in [-0.15, -0.1) is 0 Å². The number of rotatable bonds is 5. The molecule has 2 nitrogen and oxygen atoms in total. The molecule has 1 aromatic carbocycles. The van der Waals surface area contributed by atoms with Crippen LogP contribution in [0, 0.1) is 0 Å². The van der Waals surface area contributed by atoms with Crippen molar-refractivity contribution in [2.75, 3.05) is 26.2 Å². The Morgan fingerprint density at radius 1 is 1.14 bits per heavy atom. The van der Waals surface area contributed by atoms with Crippen LogP contribution in [0.4, 0.5) is 22.0 Å². The first-order valence-electron chi connectivity index (χ1n) is 6.94. The lowest BCUT2D eigenvalue weighted by molar-refractivity contribution is -0.0328. The Labute approximate surface area is 130 Å². The molecule has 1 aliphatic rings. The Kier molecular flexibility index (Phi) is 6.05. The first kappa shape index (κ1) is 17.5. The van der Waals surface area contributed by atoms with Gasteiger partial charge >= 0.3 is 5.51 Å². The molecule has 22 heavy (non-hydrogen) atoms. The summed E-state index contributed by atoms with van der Waals surface area (Å²) in [6, 6.07) is 5.25. The Bertz CT molecular complexity index is 475. The van der Waals surface area contributed by atoms with Gasteiger partial charge in [0.2, 0.25) is 6.43 Å². The lowest BCUT2D eigenvalue weighted by Crippen LogP contribution is -2.45. The maximum absolute atomic E-state index is 12.9. The predicted octanol–water partition coefficient (Wildman–Crippen LogP) is 3.90. The van der Waals surface area contributed by atoms with Gasteiger partial charge in [0.1, 0.15) is 0 Å². The van der Waals surface area contributed by atoms with E-state index in [1.807, 2.05) is 4.90 Å². The van der Waals surface area contributed by atoms with Crippen LogP contribution in [0.2, 0.25) is 0 Å². The van der Waals surface area contributed by atoms with E-state index in [4.69, 9.17) is 0 Å². The van der Waals surface area contributed by atoms with Crippen molar-refractivity contribution >= 4 is 11.8 Å². The van der Waals surface area contributed by atoms with E-state index in [2.05, 4.69) is 5.32 Å². The van der Waals surface area contributed by atoms with Crippen molar-refractivity contribution in [3.05, 3.63) is 29.8 Å². The van der Waals surface area contributed by atoms with E-state index in [1.165, 1.54) is 18.2 Å². The van der Waals surface area contributed by atoms with Crippen LogP contribution in [0.5, 0.6) is 0 Å². The number of halogens is 5. The molecule has 0 radical (unpaired) electrons. The molecule has 0 unspecified atom stereocenters. The van der Waals surface area contributed by atoms with E-state index in [0.717, 1.165) is 0 Å². The van der Waals surface area contributed by atoms with Crippen molar-refractivity contribution in [2.24, 2.45) is 0 Å². The van der Waals surface area contributed by atoms with Crippen molar-refractivity contribution in [3.63, 3.8) is 0 Å². The molecule has 1 fully saturated rings. The fourth-order valence-electron chi connectivity index (χ4n) is 2.61. The van der Waals surface area contributed by atoms with Gasteiger partial charge in [-0.1, -0.05) is 18.2 Å². The molecule has 0 bridgehead atoms. The molecule has 1 N–H and O–H groups in total. The van der Waals surface area contributed by atoms with E-state index in [9.17, 15) is 22.0 Å². The molecule has 1 aromatic rings. The van der Waals surface area contributed by atoms with Crippen molar-refractivity contribution in [2.45, 2.75) is 29.3 Å². The molecule has 0 aromatic heterocycles. The minimum Gasteiger partial charge on any atom is -0.314 e. The van der Waals surface area contributed by atoms with Crippen LogP contribution in [-0.2, 0) is 0 Å². The van der Waals surface area contributed by atoms with E-state index in [-0.39, 0.29) is 16.7 Å². The molecule has 1 heterocycles. The molecule has 0 spiro atoms. The lowest BCUT2D eigenvalue weighted by Gasteiger charge is -2.36. The van der Waals surface area contributed by atoms with Crippen LogP contribution in [0.1, 0.15) is 18.0 Å². The monoisotopic (exact) mass is 340 g/mol. The van der Waals surface area contributed by atoms with Crippen LogP contribution in [0.25, 0.3) is 0 Å². The molecule has 2 rings (SSSR count). The van der Waals surface area contributed by atoms with Crippen LogP contribution in [0.3, 0.4) is 0 Å². The van der Waals surface area contributed by atoms with Gasteiger partial charge in [0.05, 0.1) is 0 Å². The largest absolute Gasteiger partial charge is 0.446 e. The first-order chi connectivity index (χ1) is 10.4. The van der Waals surface area contributed by atoms with Crippen molar-refractivity contribution in [1.82, 2.24) is 10.2 Å². The van der Waals surface area contributed by atoms with Gasteiger partial charge in [0, 0.05) is 43.5 Å². The fourth-order valence-corrected chi connectivity index (χ4v) is 3.33. The zero-order valence-corrected chi connectivity index (χ0v) is 12.6. The summed E-state index contributed by atoms with van der Waals surface area (Å²) in [5.41, 5.74) is -4.11. The van der Waals surface area contributed by atoms with Crippen LogP contribution in [0.15, 0.2) is 29.2 Å². The predicted molar refractivity (Wildman–Crippen MR) is 76.2 cm³/mol. The minimum atomic E-state index is -4.44. The first-order valence-corrected chi connectivity index (χ1v) is 7.76. The number of alkyl halides is 5. The molecule has 1 saturated heterocycles. The Morgan fingerprint density at radius 2 is 1.77 bits per heavy atom. The van der Waals surface area contributed by atoms with Crippen molar-refractivity contribution in [1.29, 1.82) is 0 Å². The molecule has 8 heteroatoms. The molecule has 0 amide bonds. The van der Waals surface area contributed by atoms with E-state index in [1.54, 1.807) is 6.07 Å². The van der Waals surface area contributed by atoms with Crippen LogP contribution < -0.4 is 5.32 Å². The van der Waals surface area contributed by atoms with Crippen molar-refractivity contribution < 1.29 is 22.0 Å². The number of benzene rings is 1. The van der Waals surface area contributed by atoms with Gasteiger partial charge in [0.15, 0.2) is 0 Å². The minimum absolute atomic E-state index is 0.000757. The Morgan fingerprint density at radius 3 is 2.36 bits per heavy atom. The summed E-state index contributed by atoms with van der Waals surface area (Å²) >= 11 is -0.240. The normalized spacial score (nSPS) is 18.6. The zero-order valence-electron chi connectivity index (χ0n) is 11.7. The second kappa shape index (κ2) is 7.61. The smallest absolute Gasteiger partial charge is 0.314 e. The van der Waals surface area contributed by atoms with E-state index < -0.39 is 24.4 Å². The lowest BCUT2D eigenvalue weighted by atomic mass is 10.0. The second-order valence-corrected chi connectivity index (χ2v) is 6.12. The van der Waals surface area contributed by atoms with E-state index >= 15 is 0 Å². The standard InChI is InChI=1S/C14H17F5N2S/c15-13(16)9-11(21-7-5-20-6-8-21)10-3-1-2-4-12(10)22-14(17,18)19/h1-4,11,13,20H,5-9H2/t11-/m1/s1. The molecule has 1 atom stereocenters. The highest BCUT2D eigenvalue weighted by molar-refractivity contribution is 8.00. The average Bonchev–Trinajstić information content (AvgIpc) is 2.45. The summed E-state index contributed by atoms with van der Waals surface area (Å²) in [6.07, 6.45) is -3.03. The maximum atomic E-state index is 12.9. The van der Waals surface area contributed by atoms with Crippen LogP contribution >= 0.6 is 11.8 Å². The third-order valence-electron chi connectivity index (χ3n) is 3.50. The summed E-state index contributed by atoms with van der Waals surface area (Å²) in [4.78, 5) is 1.83. The van der Waals surface area contributed by atoms with Gasteiger partial charge in [0.25, 0.3) is 0 Å². The van der Waals surface area contributed by atoms with Crippen molar-refractivity contribution in [3.8, 4) is 0 Å². The third-order valence-corrected chi connectivity index (χ3v) is 4.32. The van der Waals surface area contributed by atoms with Gasteiger partial charge < -0.3 is 5.32 Å². The molecule has 0 aliphatic carbocycles. The topological polar surface area (TPSA) is 15.3 Å². The quantitative estimate of drug-likeness (QED) is 0.646. The highest BCUT2D eigenvalue weighted by Gasteiger charge is 2.33. The second-order valence-electron chi connectivity index (χ2n) is 5.01. The van der Waals surface area contributed by atoms with Gasteiger partial charge in [-0.05, 0) is 23.4 Å². The molecular formula is C14H17F5N2S. The number of hydrogen-bond acceptors (Lipinski definition) is 3.